The summed E-state index contributed by atoms with van der Waals surface area (Å²) in [6, 6.07) is -0.863. The maximum Gasteiger partial charge on any atom is 0.254 e. The van der Waals surface area contributed by atoms with Crippen molar-refractivity contribution in [3.63, 3.8) is 0 Å². The molecule has 1 aliphatic heterocycles. The molecule has 1 heterocycles. The Balaban J connectivity index is 1.76. The van der Waals surface area contributed by atoms with E-state index in [9.17, 15) is 14.4 Å². The van der Waals surface area contributed by atoms with Crippen LogP contribution in [0.4, 0.5) is 0 Å². The second-order valence-corrected chi connectivity index (χ2v) is 5.09. The van der Waals surface area contributed by atoms with Crippen molar-refractivity contribution in [3.05, 3.63) is 36.1 Å². The van der Waals surface area contributed by atoms with E-state index in [0.717, 1.165) is 0 Å². The van der Waals surface area contributed by atoms with Crippen LogP contribution in [0.25, 0.3) is 0 Å². The quantitative estimate of drug-likeness (QED) is 0.508. The highest BCUT2D eigenvalue weighted by molar-refractivity contribution is 6.22. The molecule has 104 valence electrons. The van der Waals surface area contributed by atoms with Crippen LogP contribution in [0.2, 0.25) is 0 Å². The van der Waals surface area contributed by atoms with Crippen LogP contribution >= 0.6 is 0 Å². The number of carbonyl (C=O) groups excluding carboxylic acids is 3. The summed E-state index contributed by atoms with van der Waals surface area (Å²) >= 11 is 0. The van der Waals surface area contributed by atoms with E-state index in [1.54, 1.807) is 17.1 Å². The van der Waals surface area contributed by atoms with Gasteiger partial charge in [0.25, 0.3) is 5.91 Å². The predicted octanol–water partition coefficient (Wildman–Crippen LogP) is -0.964. The molecular formula is C14H15N3O3. The third-order valence-electron chi connectivity index (χ3n) is 3.81. The minimum Gasteiger partial charge on any atom is -0.369 e. The first-order valence-corrected chi connectivity index (χ1v) is 6.52. The fourth-order valence-electron chi connectivity index (χ4n) is 2.72. The number of carbonyl (C=O) groups is 3. The van der Waals surface area contributed by atoms with E-state index in [1.807, 2.05) is 6.08 Å². The van der Waals surface area contributed by atoms with Gasteiger partial charge in [0.2, 0.25) is 0 Å². The van der Waals surface area contributed by atoms with E-state index in [0.29, 0.717) is 25.2 Å². The molecule has 3 rings (SSSR count). The van der Waals surface area contributed by atoms with Crippen molar-refractivity contribution in [1.29, 1.82) is 0 Å². The van der Waals surface area contributed by atoms with Gasteiger partial charge in [0.1, 0.15) is 5.54 Å². The SMILES string of the molecule is NCCN1C(=O)C12C=C(NC1C(=O)C=CC1=O)C=CC2. The van der Waals surface area contributed by atoms with E-state index in [4.69, 9.17) is 5.73 Å². The molecule has 0 radical (unpaired) electrons. The minimum absolute atomic E-state index is 0.0359. The Kier molecular flexibility index (Phi) is 2.83. The zero-order valence-electron chi connectivity index (χ0n) is 10.8. The lowest BCUT2D eigenvalue weighted by Gasteiger charge is -2.19. The molecule has 6 nitrogen and oxygen atoms in total. The summed E-state index contributed by atoms with van der Waals surface area (Å²) in [5.74, 6) is -0.483. The van der Waals surface area contributed by atoms with E-state index >= 15 is 0 Å². The van der Waals surface area contributed by atoms with Crippen molar-refractivity contribution < 1.29 is 14.4 Å². The number of rotatable bonds is 4. The van der Waals surface area contributed by atoms with Gasteiger partial charge in [-0.05, 0) is 24.3 Å². The first-order chi connectivity index (χ1) is 9.58. The molecule has 6 heteroatoms. The monoisotopic (exact) mass is 273 g/mol. The molecule has 0 saturated carbocycles. The molecule has 0 bridgehead atoms. The van der Waals surface area contributed by atoms with Crippen LogP contribution in [0.5, 0.6) is 0 Å². The Morgan fingerprint density at radius 2 is 1.95 bits per heavy atom. The number of amides is 1. The van der Waals surface area contributed by atoms with Gasteiger partial charge in [0.15, 0.2) is 17.6 Å². The van der Waals surface area contributed by atoms with E-state index in [-0.39, 0.29) is 17.5 Å². The van der Waals surface area contributed by atoms with Gasteiger partial charge >= 0.3 is 0 Å². The van der Waals surface area contributed by atoms with Gasteiger partial charge in [-0.15, -0.1) is 0 Å². The van der Waals surface area contributed by atoms with Crippen molar-refractivity contribution in [2.75, 3.05) is 13.1 Å². The molecule has 3 N–H and O–H groups in total. The number of allylic oxidation sites excluding steroid dienone is 1. The summed E-state index contributed by atoms with van der Waals surface area (Å²) in [7, 11) is 0. The van der Waals surface area contributed by atoms with Crippen LogP contribution < -0.4 is 11.1 Å². The highest BCUT2D eigenvalue weighted by Crippen LogP contribution is 2.41. The number of nitrogens with zero attached hydrogens (tertiary/aromatic N) is 1. The summed E-state index contributed by atoms with van der Waals surface area (Å²) in [5, 5.41) is 2.90. The van der Waals surface area contributed by atoms with Crippen LogP contribution in [-0.4, -0.2) is 47.0 Å². The average Bonchev–Trinajstić information content (AvgIpc) is 2.79. The minimum atomic E-state index is -0.863. The molecule has 1 fully saturated rings. The summed E-state index contributed by atoms with van der Waals surface area (Å²) < 4.78 is 0. The lowest BCUT2D eigenvalue weighted by molar-refractivity contribution is -0.123. The van der Waals surface area contributed by atoms with Crippen LogP contribution in [0, 0.1) is 0 Å². The fraction of sp³-hybridized carbons (Fsp3) is 0.357. The first-order valence-electron chi connectivity index (χ1n) is 6.52. The largest absolute Gasteiger partial charge is 0.369 e. The Morgan fingerprint density at radius 3 is 2.60 bits per heavy atom. The van der Waals surface area contributed by atoms with Gasteiger partial charge in [0, 0.05) is 25.2 Å². The molecule has 1 spiro atoms. The molecule has 20 heavy (non-hydrogen) atoms. The number of hydrogen-bond acceptors (Lipinski definition) is 5. The molecule has 1 atom stereocenters. The third kappa shape index (κ3) is 1.80. The van der Waals surface area contributed by atoms with Crippen molar-refractivity contribution in [2.24, 2.45) is 5.73 Å². The molecule has 1 amide bonds. The molecule has 0 aromatic carbocycles. The summed E-state index contributed by atoms with van der Waals surface area (Å²) in [6.45, 7) is 0.927. The maximum atomic E-state index is 11.9. The van der Waals surface area contributed by atoms with Crippen LogP contribution in [-0.2, 0) is 14.4 Å². The van der Waals surface area contributed by atoms with E-state index < -0.39 is 11.6 Å². The topological polar surface area (TPSA) is 92.3 Å². The molecule has 0 aromatic heterocycles. The highest BCUT2D eigenvalue weighted by atomic mass is 16.2. The third-order valence-corrected chi connectivity index (χ3v) is 3.81. The van der Waals surface area contributed by atoms with Crippen molar-refractivity contribution >= 4 is 17.5 Å². The lowest BCUT2D eigenvalue weighted by Crippen LogP contribution is -2.39. The lowest BCUT2D eigenvalue weighted by atomic mass is 9.98. The van der Waals surface area contributed by atoms with Gasteiger partial charge in [-0.2, -0.15) is 0 Å². The van der Waals surface area contributed by atoms with Gasteiger partial charge in [-0.1, -0.05) is 6.08 Å². The molecular weight excluding hydrogens is 258 g/mol. The fourth-order valence-corrected chi connectivity index (χ4v) is 2.72. The van der Waals surface area contributed by atoms with Gasteiger partial charge in [-0.3, -0.25) is 14.4 Å². The van der Waals surface area contributed by atoms with Gasteiger partial charge < -0.3 is 16.0 Å². The predicted molar refractivity (Wildman–Crippen MR) is 71.4 cm³/mol. The maximum absolute atomic E-state index is 11.9. The van der Waals surface area contributed by atoms with E-state index in [1.165, 1.54) is 12.2 Å². The zero-order valence-corrected chi connectivity index (χ0v) is 10.8. The Morgan fingerprint density at radius 1 is 1.25 bits per heavy atom. The number of nitrogens with two attached hydrogens (primary N) is 1. The van der Waals surface area contributed by atoms with Crippen LogP contribution in [0.15, 0.2) is 36.1 Å². The standard InChI is InChI=1S/C14H15N3O3/c15-6-7-17-13(20)14(17)5-1-2-9(8-14)16-12-10(18)3-4-11(12)19/h1-4,8,12,16H,5-7,15H2. The summed E-state index contributed by atoms with van der Waals surface area (Å²) in [4.78, 5) is 36.7. The second-order valence-electron chi connectivity index (χ2n) is 5.09. The number of nitrogens with one attached hydrogen (secondary N) is 1. The molecule has 2 aliphatic carbocycles. The smallest absolute Gasteiger partial charge is 0.254 e. The summed E-state index contributed by atoms with van der Waals surface area (Å²) in [5.41, 5.74) is 5.47. The highest BCUT2D eigenvalue weighted by Gasteiger charge is 2.60. The molecule has 3 aliphatic rings. The normalized spacial score (nSPS) is 28.6. The summed E-state index contributed by atoms with van der Waals surface area (Å²) in [6.07, 6.45) is 8.58. The van der Waals surface area contributed by atoms with E-state index in [2.05, 4.69) is 5.32 Å². The van der Waals surface area contributed by atoms with Crippen molar-refractivity contribution in [3.8, 4) is 0 Å². The van der Waals surface area contributed by atoms with Crippen LogP contribution in [0.3, 0.4) is 0 Å². The average molecular weight is 273 g/mol. The van der Waals surface area contributed by atoms with Gasteiger partial charge in [0.05, 0.1) is 0 Å². The molecule has 1 saturated heterocycles. The van der Waals surface area contributed by atoms with Crippen molar-refractivity contribution in [1.82, 2.24) is 10.2 Å². The first kappa shape index (κ1) is 12.8. The Labute approximate surface area is 116 Å². The van der Waals surface area contributed by atoms with Crippen molar-refractivity contribution in [2.45, 2.75) is 18.0 Å². The Hall–Kier alpha value is -2.21. The Bertz CT molecular complexity index is 572. The second kappa shape index (κ2) is 4.42. The zero-order chi connectivity index (χ0) is 14.3. The molecule has 0 aromatic rings. The van der Waals surface area contributed by atoms with Gasteiger partial charge in [-0.25, -0.2) is 0 Å². The molecule has 1 unspecified atom stereocenters. The number of hydrogen-bond donors (Lipinski definition) is 2. The van der Waals surface area contributed by atoms with Crippen LogP contribution in [0.1, 0.15) is 6.42 Å². The number of ketones is 2.